The van der Waals surface area contributed by atoms with Gasteiger partial charge in [0.05, 0.1) is 12.3 Å². The van der Waals surface area contributed by atoms with E-state index in [2.05, 4.69) is 5.10 Å². The molecular weight excluding hydrogens is 258 g/mol. The van der Waals surface area contributed by atoms with Crippen molar-refractivity contribution in [2.24, 2.45) is 13.0 Å². The molecule has 0 aliphatic carbocycles. The van der Waals surface area contributed by atoms with Crippen LogP contribution in [0.3, 0.4) is 0 Å². The molecular formula is C14H23N3O3. The molecule has 1 amide bonds. The van der Waals surface area contributed by atoms with Gasteiger partial charge in [0.2, 0.25) is 0 Å². The number of carbonyl (C=O) groups is 1. The lowest BCUT2D eigenvalue weighted by atomic mass is 9.97. The van der Waals surface area contributed by atoms with E-state index in [0.717, 1.165) is 12.0 Å². The van der Waals surface area contributed by atoms with Crippen molar-refractivity contribution >= 4 is 6.09 Å². The predicted octanol–water partition coefficient (Wildman–Crippen LogP) is 1.71. The summed E-state index contributed by atoms with van der Waals surface area (Å²) in [5.41, 5.74) is 0.306. The van der Waals surface area contributed by atoms with E-state index in [1.807, 2.05) is 27.8 Å². The largest absolute Gasteiger partial charge is 0.444 e. The number of aromatic nitrogens is 2. The molecule has 2 unspecified atom stereocenters. The highest BCUT2D eigenvalue weighted by Gasteiger charge is 2.34. The molecule has 0 spiro atoms. The fraction of sp³-hybridized carbons (Fsp3) is 0.714. The third-order valence-corrected chi connectivity index (χ3v) is 3.39. The minimum atomic E-state index is -0.587. The topological polar surface area (TPSA) is 67.6 Å². The predicted molar refractivity (Wildman–Crippen MR) is 74.1 cm³/mol. The number of ether oxygens (including phenoxy) is 1. The molecule has 1 aromatic rings. The van der Waals surface area contributed by atoms with Crippen molar-refractivity contribution in [3.8, 4) is 0 Å². The molecule has 0 radical (unpaired) electrons. The summed E-state index contributed by atoms with van der Waals surface area (Å²) in [5.74, 6) is 0.0340. The second-order valence-electron chi connectivity index (χ2n) is 6.37. The van der Waals surface area contributed by atoms with E-state index < -0.39 is 11.7 Å². The summed E-state index contributed by atoms with van der Waals surface area (Å²) in [4.78, 5) is 13.6. The number of hydrogen-bond donors (Lipinski definition) is 1. The summed E-state index contributed by atoms with van der Waals surface area (Å²) in [5, 5.41) is 14.4. The van der Waals surface area contributed by atoms with Gasteiger partial charge in [-0.2, -0.15) is 5.10 Å². The van der Waals surface area contributed by atoms with Gasteiger partial charge in [0.1, 0.15) is 5.60 Å². The molecule has 6 heteroatoms. The van der Waals surface area contributed by atoms with E-state index in [1.54, 1.807) is 22.0 Å². The number of likely N-dealkylation sites (tertiary alicyclic amines) is 1. The molecule has 0 bridgehead atoms. The lowest BCUT2D eigenvalue weighted by Gasteiger charge is -2.25. The highest BCUT2D eigenvalue weighted by molar-refractivity contribution is 5.68. The Morgan fingerprint density at radius 1 is 1.55 bits per heavy atom. The van der Waals surface area contributed by atoms with Gasteiger partial charge >= 0.3 is 6.09 Å². The number of aliphatic hydroxyl groups is 1. The van der Waals surface area contributed by atoms with Crippen molar-refractivity contribution in [3.63, 3.8) is 0 Å². The Balaban J connectivity index is 1.93. The standard InChI is InChI=1S/C14H23N3O3/c1-14(2,3)20-13(19)17-6-5-10(9-17)12(18)11-7-15-16(4)8-11/h7-8,10,12,18H,5-6,9H2,1-4H3. The van der Waals surface area contributed by atoms with Crippen LogP contribution >= 0.6 is 0 Å². The zero-order chi connectivity index (χ0) is 14.9. The molecule has 20 heavy (non-hydrogen) atoms. The van der Waals surface area contributed by atoms with Crippen LogP contribution < -0.4 is 0 Å². The average molecular weight is 281 g/mol. The molecule has 2 atom stereocenters. The van der Waals surface area contributed by atoms with Gasteiger partial charge in [0, 0.05) is 37.8 Å². The van der Waals surface area contributed by atoms with E-state index in [1.165, 1.54) is 0 Å². The van der Waals surface area contributed by atoms with Gasteiger partial charge in [-0.1, -0.05) is 0 Å². The lowest BCUT2D eigenvalue weighted by Crippen LogP contribution is -2.35. The van der Waals surface area contributed by atoms with Crippen LogP contribution in [-0.4, -0.2) is 44.6 Å². The van der Waals surface area contributed by atoms with E-state index in [-0.39, 0.29) is 12.0 Å². The van der Waals surface area contributed by atoms with E-state index in [4.69, 9.17) is 4.74 Å². The molecule has 2 heterocycles. The summed E-state index contributed by atoms with van der Waals surface area (Å²) in [6, 6.07) is 0. The van der Waals surface area contributed by atoms with E-state index in [0.29, 0.717) is 13.1 Å². The Morgan fingerprint density at radius 3 is 2.80 bits per heavy atom. The summed E-state index contributed by atoms with van der Waals surface area (Å²) >= 11 is 0. The zero-order valence-electron chi connectivity index (χ0n) is 12.5. The van der Waals surface area contributed by atoms with Crippen LogP contribution in [0.5, 0.6) is 0 Å². The Labute approximate surface area is 119 Å². The quantitative estimate of drug-likeness (QED) is 0.896. The molecule has 2 rings (SSSR count). The summed E-state index contributed by atoms with van der Waals surface area (Å²) in [6.07, 6.45) is 3.35. The SMILES string of the molecule is Cn1cc(C(O)C2CCN(C(=O)OC(C)(C)C)C2)cn1. The highest BCUT2D eigenvalue weighted by Crippen LogP contribution is 2.30. The van der Waals surface area contributed by atoms with Crippen molar-refractivity contribution in [1.82, 2.24) is 14.7 Å². The minimum Gasteiger partial charge on any atom is -0.444 e. The lowest BCUT2D eigenvalue weighted by molar-refractivity contribution is 0.0268. The first-order valence-electron chi connectivity index (χ1n) is 6.91. The number of nitrogens with zero attached hydrogens (tertiary/aromatic N) is 3. The van der Waals surface area contributed by atoms with Gasteiger partial charge < -0.3 is 14.7 Å². The molecule has 1 N–H and O–H groups in total. The Kier molecular flexibility index (Phi) is 4.04. The van der Waals surface area contributed by atoms with E-state index >= 15 is 0 Å². The molecule has 1 fully saturated rings. The third-order valence-electron chi connectivity index (χ3n) is 3.39. The number of amides is 1. The van der Waals surface area contributed by atoms with Crippen LogP contribution in [0.4, 0.5) is 4.79 Å². The number of aliphatic hydroxyl groups excluding tert-OH is 1. The third kappa shape index (κ3) is 3.50. The minimum absolute atomic E-state index is 0.0340. The zero-order valence-corrected chi connectivity index (χ0v) is 12.5. The molecule has 1 aromatic heterocycles. The fourth-order valence-corrected chi connectivity index (χ4v) is 2.40. The van der Waals surface area contributed by atoms with Gasteiger partial charge in [-0.3, -0.25) is 4.68 Å². The van der Waals surface area contributed by atoms with Gasteiger partial charge in [-0.15, -0.1) is 0 Å². The second-order valence-corrected chi connectivity index (χ2v) is 6.37. The Bertz CT molecular complexity index is 478. The molecule has 1 aliphatic heterocycles. The van der Waals surface area contributed by atoms with E-state index in [9.17, 15) is 9.90 Å². The van der Waals surface area contributed by atoms with Crippen molar-refractivity contribution in [2.45, 2.75) is 38.9 Å². The molecule has 112 valence electrons. The van der Waals surface area contributed by atoms with Crippen molar-refractivity contribution < 1.29 is 14.6 Å². The summed E-state index contributed by atoms with van der Waals surface area (Å²) < 4.78 is 7.01. The molecule has 1 aliphatic rings. The van der Waals surface area contributed by atoms with Gasteiger partial charge in [0.25, 0.3) is 0 Å². The number of hydrogen-bond acceptors (Lipinski definition) is 4. The van der Waals surface area contributed by atoms with Crippen LogP contribution in [0.1, 0.15) is 38.9 Å². The van der Waals surface area contributed by atoms with Crippen LogP contribution in [0, 0.1) is 5.92 Å². The van der Waals surface area contributed by atoms with Crippen LogP contribution in [-0.2, 0) is 11.8 Å². The first-order chi connectivity index (χ1) is 9.26. The van der Waals surface area contributed by atoms with Crippen molar-refractivity contribution in [2.75, 3.05) is 13.1 Å². The average Bonchev–Trinajstić information content (AvgIpc) is 2.94. The maximum Gasteiger partial charge on any atom is 0.410 e. The Morgan fingerprint density at radius 2 is 2.25 bits per heavy atom. The normalized spacial score (nSPS) is 21.1. The fourth-order valence-electron chi connectivity index (χ4n) is 2.40. The second kappa shape index (κ2) is 5.44. The summed E-state index contributed by atoms with van der Waals surface area (Å²) in [7, 11) is 1.82. The van der Waals surface area contributed by atoms with Crippen molar-refractivity contribution in [3.05, 3.63) is 18.0 Å². The number of rotatable bonds is 2. The molecule has 6 nitrogen and oxygen atoms in total. The first-order valence-corrected chi connectivity index (χ1v) is 6.91. The van der Waals surface area contributed by atoms with Crippen molar-refractivity contribution in [1.29, 1.82) is 0 Å². The number of carbonyl (C=O) groups excluding carboxylic acids is 1. The summed E-state index contributed by atoms with van der Waals surface area (Å²) in [6.45, 7) is 6.69. The van der Waals surface area contributed by atoms with Crippen LogP contribution in [0.25, 0.3) is 0 Å². The highest BCUT2D eigenvalue weighted by atomic mass is 16.6. The molecule has 1 saturated heterocycles. The molecule has 0 aromatic carbocycles. The van der Waals surface area contributed by atoms with Gasteiger partial charge in [-0.25, -0.2) is 4.79 Å². The maximum atomic E-state index is 12.0. The van der Waals surface area contributed by atoms with Crippen LogP contribution in [0.2, 0.25) is 0 Å². The maximum absolute atomic E-state index is 12.0. The number of aryl methyl sites for hydroxylation is 1. The van der Waals surface area contributed by atoms with Gasteiger partial charge in [-0.05, 0) is 27.2 Å². The molecule has 0 saturated carbocycles. The first kappa shape index (κ1) is 14.8. The van der Waals surface area contributed by atoms with Gasteiger partial charge in [0.15, 0.2) is 0 Å². The van der Waals surface area contributed by atoms with Crippen LogP contribution in [0.15, 0.2) is 12.4 Å². The monoisotopic (exact) mass is 281 g/mol. The Hall–Kier alpha value is -1.56. The smallest absolute Gasteiger partial charge is 0.410 e.